The highest BCUT2D eigenvalue weighted by Gasteiger charge is 2.29. The van der Waals surface area contributed by atoms with Gasteiger partial charge < -0.3 is 0 Å². The largest absolute Gasteiger partial charge is 0.294 e. The summed E-state index contributed by atoms with van der Waals surface area (Å²) in [5.74, 6) is 0.784. The van der Waals surface area contributed by atoms with Gasteiger partial charge in [0.1, 0.15) is 0 Å². The molecule has 0 bridgehead atoms. The minimum Gasteiger partial charge on any atom is -0.294 e. The molecule has 0 aliphatic heterocycles. The van der Waals surface area contributed by atoms with Crippen molar-refractivity contribution in [2.75, 3.05) is 0 Å². The van der Waals surface area contributed by atoms with E-state index in [0.717, 1.165) is 17.6 Å². The van der Waals surface area contributed by atoms with Crippen molar-refractivity contribution in [1.82, 2.24) is 0 Å². The molecule has 17 heavy (non-hydrogen) atoms. The molecule has 0 fully saturated rings. The summed E-state index contributed by atoms with van der Waals surface area (Å²) < 4.78 is 0. The van der Waals surface area contributed by atoms with Crippen LogP contribution in [0.4, 0.5) is 0 Å². The lowest BCUT2D eigenvalue weighted by atomic mass is 9.73. The van der Waals surface area contributed by atoms with Crippen LogP contribution in [0.5, 0.6) is 0 Å². The summed E-state index contributed by atoms with van der Waals surface area (Å²) in [5.41, 5.74) is 2.21. The molecule has 1 aromatic rings. The lowest BCUT2D eigenvalue weighted by Crippen LogP contribution is -2.24. The van der Waals surface area contributed by atoms with Crippen LogP contribution in [-0.2, 0) is 4.79 Å². The van der Waals surface area contributed by atoms with Gasteiger partial charge in [0.25, 0.3) is 0 Å². The Labute approximate surface area is 104 Å². The average Bonchev–Trinajstić information content (AvgIpc) is 2.29. The van der Waals surface area contributed by atoms with Crippen LogP contribution in [0.2, 0.25) is 0 Å². The molecular formula is C16H20O. The van der Waals surface area contributed by atoms with E-state index in [1.807, 2.05) is 30.3 Å². The summed E-state index contributed by atoms with van der Waals surface area (Å²) in [4.78, 5) is 12.0. The molecule has 2 rings (SSSR count). The molecular weight excluding hydrogens is 208 g/mol. The predicted molar refractivity (Wildman–Crippen MR) is 71.6 cm³/mol. The molecule has 1 aliphatic carbocycles. The Morgan fingerprint density at radius 3 is 2.35 bits per heavy atom. The number of rotatable bonds is 1. The van der Waals surface area contributed by atoms with Crippen LogP contribution < -0.4 is 0 Å². The lowest BCUT2D eigenvalue weighted by molar-refractivity contribution is -0.114. The van der Waals surface area contributed by atoms with Gasteiger partial charge in [0.05, 0.1) is 0 Å². The first-order chi connectivity index (χ1) is 7.98. The summed E-state index contributed by atoms with van der Waals surface area (Å²) in [6.45, 7) is 6.73. The van der Waals surface area contributed by atoms with Gasteiger partial charge in [0.15, 0.2) is 5.78 Å². The summed E-state index contributed by atoms with van der Waals surface area (Å²) in [6, 6.07) is 10.0. The third kappa shape index (κ3) is 2.66. The van der Waals surface area contributed by atoms with Crippen LogP contribution in [0.25, 0.3) is 5.57 Å². The van der Waals surface area contributed by atoms with Crippen molar-refractivity contribution >= 4 is 11.4 Å². The minimum atomic E-state index is 0.237. The molecule has 1 heteroatoms. The zero-order chi connectivity index (χ0) is 12.5. The normalized spacial score (nSPS) is 21.2. The Balaban J connectivity index is 2.37. The molecule has 1 nitrogen and oxygen atoms in total. The number of carbonyl (C=O) groups is 1. The summed E-state index contributed by atoms with van der Waals surface area (Å²) in [7, 11) is 0. The highest BCUT2D eigenvalue weighted by molar-refractivity contribution is 6.21. The second kappa shape index (κ2) is 4.48. The highest BCUT2D eigenvalue weighted by atomic mass is 16.1. The van der Waals surface area contributed by atoms with Crippen molar-refractivity contribution in [3.05, 3.63) is 42.0 Å². The first-order valence-electron chi connectivity index (χ1n) is 6.29. The van der Waals surface area contributed by atoms with E-state index in [-0.39, 0.29) is 11.2 Å². The molecule has 0 heterocycles. The fraction of sp³-hybridized carbons (Fsp3) is 0.438. The Morgan fingerprint density at radius 2 is 1.76 bits per heavy atom. The van der Waals surface area contributed by atoms with Crippen molar-refractivity contribution in [3.8, 4) is 0 Å². The van der Waals surface area contributed by atoms with E-state index in [1.165, 1.54) is 0 Å². The summed E-state index contributed by atoms with van der Waals surface area (Å²) in [6.07, 6.45) is 3.85. The Morgan fingerprint density at radius 1 is 1.12 bits per heavy atom. The molecule has 0 radical (unpaired) electrons. The molecule has 0 aromatic heterocycles. The van der Waals surface area contributed by atoms with Crippen LogP contribution in [0, 0.1) is 11.3 Å². The van der Waals surface area contributed by atoms with Gasteiger partial charge in [-0.05, 0) is 23.3 Å². The fourth-order valence-electron chi connectivity index (χ4n) is 2.36. The van der Waals surface area contributed by atoms with Crippen LogP contribution in [0.15, 0.2) is 36.4 Å². The topological polar surface area (TPSA) is 17.1 Å². The number of ketones is 1. The van der Waals surface area contributed by atoms with E-state index in [2.05, 4.69) is 26.8 Å². The fourth-order valence-corrected chi connectivity index (χ4v) is 2.36. The number of Topliss-reactive ketones (excluding diaryl/α,β-unsaturated/α-hetero) is 1. The molecule has 1 aromatic carbocycles. The van der Waals surface area contributed by atoms with Gasteiger partial charge in [-0.2, -0.15) is 0 Å². The summed E-state index contributed by atoms with van der Waals surface area (Å²) >= 11 is 0. The van der Waals surface area contributed by atoms with E-state index in [0.29, 0.717) is 12.3 Å². The summed E-state index contributed by atoms with van der Waals surface area (Å²) in [5, 5.41) is 0. The molecule has 0 saturated carbocycles. The zero-order valence-electron chi connectivity index (χ0n) is 10.9. The van der Waals surface area contributed by atoms with Crippen molar-refractivity contribution in [2.24, 2.45) is 11.3 Å². The standard InChI is InChI=1S/C16H20O/c1-16(2,3)13-9-10-15(17)14(11-13)12-7-5-4-6-8-12/h4-8,11,13H,9-10H2,1-3H3. The molecule has 0 amide bonds. The number of hydrogen-bond donors (Lipinski definition) is 0. The second-order valence-electron chi connectivity index (χ2n) is 5.88. The van der Waals surface area contributed by atoms with Crippen LogP contribution in [0.1, 0.15) is 39.2 Å². The van der Waals surface area contributed by atoms with E-state index in [4.69, 9.17) is 0 Å². The molecule has 1 unspecified atom stereocenters. The van der Waals surface area contributed by atoms with Gasteiger partial charge in [-0.1, -0.05) is 57.2 Å². The SMILES string of the molecule is CC(C)(C)C1C=C(c2ccccc2)C(=O)CC1. The Kier molecular flexibility index (Phi) is 3.19. The van der Waals surface area contributed by atoms with E-state index < -0.39 is 0 Å². The quantitative estimate of drug-likeness (QED) is 0.707. The van der Waals surface area contributed by atoms with Gasteiger partial charge in [0.2, 0.25) is 0 Å². The third-order valence-corrected chi connectivity index (χ3v) is 3.55. The first-order valence-corrected chi connectivity index (χ1v) is 6.29. The Bertz CT molecular complexity index is 434. The molecule has 1 atom stereocenters. The maximum absolute atomic E-state index is 12.0. The maximum Gasteiger partial charge on any atom is 0.163 e. The number of benzene rings is 1. The minimum absolute atomic E-state index is 0.237. The monoisotopic (exact) mass is 228 g/mol. The van der Waals surface area contributed by atoms with Crippen LogP contribution in [0.3, 0.4) is 0 Å². The Hall–Kier alpha value is -1.37. The lowest BCUT2D eigenvalue weighted by Gasteiger charge is -2.31. The smallest absolute Gasteiger partial charge is 0.163 e. The zero-order valence-corrected chi connectivity index (χ0v) is 10.9. The van der Waals surface area contributed by atoms with Gasteiger partial charge in [0, 0.05) is 12.0 Å². The van der Waals surface area contributed by atoms with E-state index >= 15 is 0 Å². The molecule has 1 aliphatic rings. The third-order valence-electron chi connectivity index (χ3n) is 3.55. The van der Waals surface area contributed by atoms with Gasteiger partial charge in [-0.25, -0.2) is 0 Å². The van der Waals surface area contributed by atoms with Crippen molar-refractivity contribution in [3.63, 3.8) is 0 Å². The second-order valence-corrected chi connectivity index (χ2v) is 5.88. The van der Waals surface area contributed by atoms with Gasteiger partial charge in [-0.15, -0.1) is 0 Å². The van der Waals surface area contributed by atoms with Crippen molar-refractivity contribution in [2.45, 2.75) is 33.6 Å². The maximum atomic E-state index is 12.0. The average molecular weight is 228 g/mol. The van der Waals surface area contributed by atoms with Crippen molar-refractivity contribution < 1.29 is 4.79 Å². The van der Waals surface area contributed by atoms with Crippen LogP contribution in [-0.4, -0.2) is 5.78 Å². The molecule has 90 valence electrons. The van der Waals surface area contributed by atoms with Gasteiger partial charge in [-0.3, -0.25) is 4.79 Å². The molecule has 0 saturated heterocycles. The predicted octanol–water partition coefficient (Wildman–Crippen LogP) is 4.10. The highest BCUT2D eigenvalue weighted by Crippen LogP contribution is 2.37. The van der Waals surface area contributed by atoms with E-state index in [9.17, 15) is 4.79 Å². The number of allylic oxidation sites excluding steroid dienone is 2. The first kappa shape index (κ1) is 12.1. The molecule has 0 N–H and O–H groups in total. The molecule has 0 spiro atoms. The van der Waals surface area contributed by atoms with Crippen molar-refractivity contribution in [1.29, 1.82) is 0 Å². The number of carbonyl (C=O) groups excluding carboxylic acids is 1. The van der Waals surface area contributed by atoms with Crippen LogP contribution >= 0.6 is 0 Å². The van der Waals surface area contributed by atoms with Gasteiger partial charge >= 0.3 is 0 Å². The van der Waals surface area contributed by atoms with E-state index in [1.54, 1.807) is 0 Å². The number of hydrogen-bond acceptors (Lipinski definition) is 1.